The van der Waals surface area contributed by atoms with Crippen LogP contribution in [0.5, 0.6) is 11.5 Å². The van der Waals surface area contributed by atoms with Crippen molar-refractivity contribution >= 4 is 5.57 Å². The molecule has 2 aliphatic rings. The zero-order valence-corrected chi connectivity index (χ0v) is 20.5. The Kier molecular flexibility index (Phi) is 9.89. The van der Waals surface area contributed by atoms with Crippen molar-refractivity contribution in [2.24, 2.45) is 0 Å². The van der Waals surface area contributed by atoms with E-state index in [0.717, 1.165) is 28.2 Å². The van der Waals surface area contributed by atoms with Crippen LogP contribution in [0.1, 0.15) is 75.3 Å². The Balaban J connectivity index is 1.16. The summed E-state index contributed by atoms with van der Waals surface area (Å²) in [5, 5.41) is 0. The second-order valence-electron chi connectivity index (χ2n) is 9.49. The van der Waals surface area contributed by atoms with Crippen molar-refractivity contribution in [3.8, 4) is 11.5 Å². The van der Waals surface area contributed by atoms with Gasteiger partial charge >= 0.3 is 0 Å². The average Bonchev–Trinajstić information content (AvgIpc) is 2.91. The molecule has 0 saturated heterocycles. The zero-order valence-electron chi connectivity index (χ0n) is 20.5. The van der Waals surface area contributed by atoms with Crippen molar-refractivity contribution in [2.75, 3.05) is 26.4 Å². The number of hydrogen-bond acceptors (Lipinski definition) is 4. The molecule has 2 fully saturated rings. The fourth-order valence-corrected chi connectivity index (χ4v) is 4.88. The number of hydrogen-bond donors (Lipinski definition) is 0. The van der Waals surface area contributed by atoms with Crippen LogP contribution in [-0.2, 0) is 9.47 Å². The summed E-state index contributed by atoms with van der Waals surface area (Å²) in [6, 6.07) is 16.3. The van der Waals surface area contributed by atoms with Crippen LogP contribution in [0, 0.1) is 0 Å². The maximum Gasteiger partial charge on any atom is 0.119 e. The molecular weight excluding hydrogens is 424 g/mol. The summed E-state index contributed by atoms with van der Waals surface area (Å²) in [5.74, 6) is 1.73. The van der Waals surface area contributed by atoms with E-state index in [1.54, 1.807) is 0 Å². The number of ether oxygens (including phenoxy) is 4. The third kappa shape index (κ3) is 7.89. The normalized spacial score (nSPS) is 17.4. The molecule has 0 amide bonds. The molecule has 184 valence electrons. The zero-order chi connectivity index (χ0) is 23.4. The largest absolute Gasteiger partial charge is 0.491 e. The highest BCUT2D eigenvalue weighted by Crippen LogP contribution is 2.26. The van der Waals surface area contributed by atoms with Crippen LogP contribution in [0.4, 0.5) is 0 Å². The van der Waals surface area contributed by atoms with Gasteiger partial charge < -0.3 is 18.9 Å². The first-order valence-electron chi connectivity index (χ1n) is 13.2. The van der Waals surface area contributed by atoms with Gasteiger partial charge in [0.25, 0.3) is 0 Å². The Hall–Kier alpha value is -2.30. The molecule has 34 heavy (non-hydrogen) atoms. The number of rotatable bonds is 12. The van der Waals surface area contributed by atoms with Gasteiger partial charge in [-0.3, -0.25) is 0 Å². The van der Waals surface area contributed by atoms with Gasteiger partial charge in [0.05, 0.1) is 25.4 Å². The third-order valence-electron chi connectivity index (χ3n) is 6.92. The van der Waals surface area contributed by atoms with E-state index in [2.05, 4.69) is 30.8 Å². The highest BCUT2D eigenvalue weighted by atomic mass is 16.5. The van der Waals surface area contributed by atoms with Gasteiger partial charge in [0.15, 0.2) is 0 Å². The third-order valence-corrected chi connectivity index (χ3v) is 6.92. The van der Waals surface area contributed by atoms with Crippen LogP contribution in [0.2, 0.25) is 0 Å². The molecule has 0 bridgehead atoms. The van der Waals surface area contributed by atoms with Crippen molar-refractivity contribution in [2.45, 2.75) is 76.4 Å². The summed E-state index contributed by atoms with van der Waals surface area (Å²) < 4.78 is 23.6. The van der Waals surface area contributed by atoms with Crippen molar-refractivity contribution < 1.29 is 18.9 Å². The summed E-state index contributed by atoms with van der Waals surface area (Å²) in [7, 11) is 0. The highest BCUT2D eigenvalue weighted by molar-refractivity contribution is 5.78. The molecular formula is C30H40O4. The minimum Gasteiger partial charge on any atom is -0.491 e. The molecule has 2 aromatic rings. The van der Waals surface area contributed by atoms with Gasteiger partial charge in [0, 0.05) is 0 Å². The van der Waals surface area contributed by atoms with Crippen molar-refractivity contribution in [3.63, 3.8) is 0 Å². The molecule has 0 heterocycles. The summed E-state index contributed by atoms with van der Waals surface area (Å²) >= 11 is 0. The topological polar surface area (TPSA) is 36.9 Å². The fourth-order valence-electron chi connectivity index (χ4n) is 4.88. The molecule has 2 aliphatic carbocycles. The van der Waals surface area contributed by atoms with Gasteiger partial charge in [-0.1, -0.05) is 69.4 Å². The van der Waals surface area contributed by atoms with Crippen LogP contribution >= 0.6 is 0 Å². The lowest BCUT2D eigenvalue weighted by Gasteiger charge is -2.22. The van der Waals surface area contributed by atoms with E-state index in [1.165, 1.54) is 64.2 Å². The minimum absolute atomic E-state index is 0.426. The molecule has 2 saturated carbocycles. The summed E-state index contributed by atoms with van der Waals surface area (Å²) in [6.07, 6.45) is 13.5. The molecule has 0 radical (unpaired) electrons. The smallest absolute Gasteiger partial charge is 0.119 e. The van der Waals surface area contributed by atoms with Crippen LogP contribution in [0.3, 0.4) is 0 Å². The van der Waals surface area contributed by atoms with Crippen LogP contribution in [0.15, 0.2) is 55.1 Å². The van der Waals surface area contributed by atoms with E-state index in [9.17, 15) is 0 Å². The summed E-state index contributed by atoms with van der Waals surface area (Å²) in [5.41, 5.74) is 3.15. The van der Waals surface area contributed by atoms with E-state index in [0.29, 0.717) is 38.6 Å². The van der Waals surface area contributed by atoms with E-state index in [-0.39, 0.29) is 0 Å². The Labute approximate surface area is 205 Å². The SMILES string of the molecule is C=C(c1ccc(OCCOC2CCCCC2)cc1)c1ccc(OCCOC2CCCCC2)cc1. The predicted octanol–water partition coefficient (Wildman–Crippen LogP) is 7.20. The second-order valence-corrected chi connectivity index (χ2v) is 9.49. The van der Waals surface area contributed by atoms with Gasteiger partial charge in [-0.05, 0) is 66.6 Å². The van der Waals surface area contributed by atoms with Crippen LogP contribution in [-0.4, -0.2) is 38.6 Å². The summed E-state index contributed by atoms with van der Waals surface area (Å²) in [6.45, 7) is 6.77. The monoisotopic (exact) mass is 464 g/mol. The molecule has 0 N–H and O–H groups in total. The van der Waals surface area contributed by atoms with E-state index in [4.69, 9.17) is 18.9 Å². The Morgan fingerprint density at radius 1 is 0.559 bits per heavy atom. The summed E-state index contributed by atoms with van der Waals surface area (Å²) in [4.78, 5) is 0. The lowest BCUT2D eigenvalue weighted by molar-refractivity contribution is 0.0129. The van der Waals surface area contributed by atoms with Gasteiger partial charge in [0.2, 0.25) is 0 Å². The standard InChI is InChI=1S/C30H40O4/c1-24(25-12-16-29(17-13-25)33-22-20-31-27-8-4-2-5-9-27)26-14-18-30(19-15-26)34-23-21-32-28-10-6-3-7-11-28/h12-19,27-28H,1-11,20-23H2. The lowest BCUT2D eigenvalue weighted by Crippen LogP contribution is -2.19. The molecule has 4 rings (SSSR count). The second kappa shape index (κ2) is 13.6. The first kappa shape index (κ1) is 24.8. The maximum absolute atomic E-state index is 5.94. The minimum atomic E-state index is 0.426. The van der Waals surface area contributed by atoms with Crippen LogP contribution < -0.4 is 9.47 Å². The first-order valence-corrected chi connectivity index (χ1v) is 13.2. The Morgan fingerprint density at radius 3 is 1.32 bits per heavy atom. The van der Waals surface area contributed by atoms with Gasteiger partial charge in [0.1, 0.15) is 24.7 Å². The number of benzene rings is 2. The van der Waals surface area contributed by atoms with Gasteiger partial charge in [-0.15, -0.1) is 0 Å². The molecule has 2 aromatic carbocycles. The van der Waals surface area contributed by atoms with Crippen LogP contribution in [0.25, 0.3) is 5.57 Å². The predicted molar refractivity (Wildman–Crippen MR) is 138 cm³/mol. The van der Waals surface area contributed by atoms with E-state index in [1.807, 2.05) is 24.3 Å². The Bertz CT molecular complexity index is 775. The van der Waals surface area contributed by atoms with Crippen molar-refractivity contribution in [1.29, 1.82) is 0 Å². The van der Waals surface area contributed by atoms with Gasteiger partial charge in [-0.2, -0.15) is 0 Å². The quantitative estimate of drug-likeness (QED) is 0.311. The average molecular weight is 465 g/mol. The lowest BCUT2D eigenvalue weighted by atomic mass is 9.98. The molecule has 0 unspecified atom stereocenters. The molecule has 0 aromatic heterocycles. The molecule has 4 nitrogen and oxygen atoms in total. The molecule has 4 heteroatoms. The van der Waals surface area contributed by atoms with Gasteiger partial charge in [-0.25, -0.2) is 0 Å². The first-order chi connectivity index (χ1) is 16.8. The Morgan fingerprint density at radius 2 is 0.941 bits per heavy atom. The van der Waals surface area contributed by atoms with Crippen molar-refractivity contribution in [3.05, 3.63) is 66.2 Å². The van der Waals surface area contributed by atoms with Crippen molar-refractivity contribution in [1.82, 2.24) is 0 Å². The molecule has 0 atom stereocenters. The highest BCUT2D eigenvalue weighted by Gasteiger charge is 2.14. The molecule has 0 spiro atoms. The van der Waals surface area contributed by atoms with E-state index < -0.39 is 0 Å². The molecule has 0 aliphatic heterocycles. The fraction of sp³-hybridized carbons (Fsp3) is 0.533. The van der Waals surface area contributed by atoms with E-state index >= 15 is 0 Å². The maximum atomic E-state index is 5.94.